The molecule has 3 aromatic rings. The van der Waals surface area contributed by atoms with Gasteiger partial charge in [0.25, 0.3) is 10.0 Å². The number of hydrogen-bond acceptors (Lipinski definition) is 5. The van der Waals surface area contributed by atoms with E-state index in [-0.39, 0.29) is 10.9 Å². The van der Waals surface area contributed by atoms with E-state index in [1.54, 1.807) is 55.5 Å². The van der Waals surface area contributed by atoms with Crippen molar-refractivity contribution in [2.24, 2.45) is 5.10 Å². The number of ether oxygens (including phenoxy) is 1. The maximum atomic E-state index is 12.6. The molecule has 3 aromatic carbocycles. The molecule has 0 bridgehead atoms. The number of carbonyl (C=O) groups excluding carboxylic acids is 1. The minimum Gasteiger partial charge on any atom is -0.462 e. The second-order valence-electron chi connectivity index (χ2n) is 6.93. The van der Waals surface area contributed by atoms with Crippen LogP contribution in [0.5, 0.6) is 0 Å². The highest BCUT2D eigenvalue weighted by atomic mass is 32.2. The van der Waals surface area contributed by atoms with Crippen LogP contribution in [-0.2, 0) is 21.2 Å². The van der Waals surface area contributed by atoms with Crippen molar-refractivity contribution < 1.29 is 17.9 Å². The molecule has 1 N–H and O–H groups in total. The number of aryl methyl sites for hydroxylation is 1. The first kappa shape index (κ1) is 22.2. The molecule has 0 aliphatic rings. The molecule has 0 atom stereocenters. The van der Waals surface area contributed by atoms with Gasteiger partial charge in [0, 0.05) is 6.42 Å². The van der Waals surface area contributed by atoms with Crippen molar-refractivity contribution in [1.82, 2.24) is 4.83 Å². The first-order valence-electron chi connectivity index (χ1n) is 9.85. The molecule has 0 aromatic heterocycles. The number of nitrogens with zero attached hydrogens (tertiary/aromatic N) is 1. The largest absolute Gasteiger partial charge is 0.462 e. The van der Waals surface area contributed by atoms with Gasteiger partial charge in [0.2, 0.25) is 0 Å². The molecule has 0 aliphatic carbocycles. The molecule has 3 rings (SSSR count). The van der Waals surface area contributed by atoms with Crippen LogP contribution < -0.4 is 4.83 Å². The maximum Gasteiger partial charge on any atom is 0.338 e. The molecule has 31 heavy (non-hydrogen) atoms. The van der Waals surface area contributed by atoms with E-state index in [9.17, 15) is 13.2 Å². The predicted molar refractivity (Wildman–Crippen MR) is 121 cm³/mol. The molecule has 0 spiro atoms. The van der Waals surface area contributed by atoms with E-state index < -0.39 is 10.0 Å². The van der Waals surface area contributed by atoms with Crippen molar-refractivity contribution in [3.05, 3.63) is 101 Å². The molecule has 0 radical (unpaired) electrons. The Balaban J connectivity index is 1.85. The van der Waals surface area contributed by atoms with E-state index in [2.05, 4.69) is 9.93 Å². The minimum atomic E-state index is -3.80. The smallest absolute Gasteiger partial charge is 0.338 e. The Hall–Kier alpha value is -3.45. The molecule has 6 nitrogen and oxygen atoms in total. The van der Waals surface area contributed by atoms with Gasteiger partial charge < -0.3 is 4.74 Å². The van der Waals surface area contributed by atoms with Gasteiger partial charge in [-0.3, -0.25) is 0 Å². The Labute approximate surface area is 182 Å². The zero-order valence-electron chi connectivity index (χ0n) is 17.4. The summed E-state index contributed by atoms with van der Waals surface area (Å²) in [5.41, 5.74) is 3.66. The van der Waals surface area contributed by atoms with E-state index >= 15 is 0 Å². The highest BCUT2D eigenvalue weighted by Crippen LogP contribution is 2.13. The van der Waals surface area contributed by atoms with Gasteiger partial charge in [0.05, 0.1) is 22.8 Å². The summed E-state index contributed by atoms with van der Waals surface area (Å²) in [4.78, 5) is 14.3. The molecule has 7 heteroatoms. The predicted octanol–water partition coefficient (Wildman–Crippen LogP) is 4.10. The van der Waals surface area contributed by atoms with E-state index in [1.807, 2.05) is 37.3 Å². The van der Waals surface area contributed by atoms with Crippen LogP contribution in [0, 0.1) is 6.92 Å². The van der Waals surface area contributed by atoms with Crippen LogP contribution in [0.2, 0.25) is 0 Å². The number of hydrazone groups is 1. The van der Waals surface area contributed by atoms with E-state index in [0.29, 0.717) is 24.3 Å². The first-order chi connectivity index (χ1) is 14.9. The third-order valence-electron chi connectivity index (χ3n) is 4.58. The van der Waals surface area contributed by atoms with Gasteiger partial charge in [-0.15, -0.1) is 0 Å². The molecule has 0 aliphatic heterocycles. The molecule has 0 saturated heterocycles. The number of benzene rings is 3. The number of hydrogen-bond donors (Lipinski definition) is 1. The Morgan fingerprint density at radius 2 is 1.55 bits per heavy atom. The first-order valence-corrected chi connectivity index (χ1v) is 11.3. The van der Waals surface area contributed by atoms with Crippen molar-refractivity contribution >= 4 is 21.7 Å². The SMILES string of the molecule is CCOC(=O)c1ccc(CC(=NNS(=O)(=O)c2ccc(C)cc2)c2ccccc2)cc1. The quantitative estimate of drug-likeness (QED) is 0.327. The fraction of sp³-hybridized carbons (Fsp3) is 0.167. The Kier molecular flexibility index (Phi) is 7.20. The molecule has 0 amide bonds. The van der Waals surface area contributed by atoms with Crippen molar-refractivity contribution in [3.63, 3.8) is 0 Å². The lowest BCUT2D eigenvalue weighted by Crippen LogP contribution is -2.21. The number of nitrogens with one attached hydrogen (secondary N) is 1. The number of rotatable bonds is 8. The van der Waals surface area contributed by atoms with Crippen LogP contribution in [0.15, 0.2) is 88.9 Å². The van der Waals surface area contributed by atoms with Gasteiger partial charge in [-0.2, -0.15) is 18.4 Å². The second kappa shape index (κ2) is 10.0. The molecule has 160 valence electrons. The molecule has 0 unspecified atom stereocenters. The lowest BCUT2D eigenvalue weighted by atomic mass is 10.0. The lowest BCUT2D eigenvalue weighted by Gasteiger charge is -2.10. The Bertz CT molecular complexity index is 1150. The summed E-state index contributed by atoms with van der Waals surface area (Å²) in [6.45, 7) is 3.96. The number of esters is 1. The van der Waals surface area contributed by atoms with Crippen LogP contribution in [0.25, 0.3) is 0 Å². The van der Waals surface area contributed by atoms with Gasteiger partial charge in [-0.25, -0.2) is 4.79 Å². The third kappa shape index (κ3) is 6.02. The standard InChI is InChI=1S/C24H24N2O4S/c1-3-30-24(27)21-13-11-19(12-14-21)17-23(20-7-5-4-6-8-20)25-26-31(28,29)22-15-9-18(2)10-16-22/h4-16,26H,3,17H2,1-2H3. The second-order valence-corrected chi connectivity index (χ2v) is 8.59. The van der Waals surface area contributed by atoms with E-state index in [4.69, 9.17) is 4.74 Å². The fourth-order valence-electron chi connectivity index (χ4n) is 2.89. The summed E-state index contributed by atoms with van der Waals surface area (Å²) in [7, 11) is -3.80. The van der Waals surface area contributed by atoms with Crippen LogP contribution >= 0.6 is 0 Å². The van der Waals surface area contributed by atoms with Gasteiger partial charge >= 0.3 is 5.97 Å². The normalized spacial score (nSPS) is 11.7. The molecule has 0 fully saturated rings. The fourth-order valence-corrected chi connectivity index (χ4v) is 3.72. The van der Waals surface area contributed by atoms with Crippen molar-refractivity contribution in [2.45, 2.75) is 25.2 Å². The van der Waals surface area contributed by atoms with Gasteiger partial charge in [-0.1, -0.05) is 60.2 Å². The van der Waals surface area contributed by atoms with Crippen molar-refractivity contribution in [3.8, 4) is 0 Å². The molecule has 0 saturated carbocycles. The molecular formula is C24H24N2O4S. The molecular weight excluding hydrogens is 412 g/mol. The lowest BCUT2D eigenvalue weighted by molar-refractivity contribution is 0.0526. The van der Waals surface area contributed by atoms with Crippen LogP contribution in [-0.4, -0.2) is 26.7 Å². The third-order valence-corrected chi connectivity index (χ3v) is 5.80. The Morgan fingerprint density at radius 3 is 2.16 bits per heavy atom. The highest BCUT2D eigenvalue weighted by molar-refractivity contribution is 7.89. The van der Waals surface area contributed by atoms with Crippen LogP contribution in [0.4, 0.5) is 0 Å². The average molecular weight is 437 g/mol. The zero-order chi connectivity index (χ0) is 22.3. The van der Waals surface area contributed by atoms with E-state index in [1.165, 1.54) is 0 Å². The van der Waals surface area contributed by atoms with E-state index in [0.717, 1.165) is 16.7 Å². The zero-order valence-corrected chi connectivity index (χ0v) is 18.2. The van der Waals surface area contributed by atoms with Crippen LogP contribution in [0.3, 0.4) is 0 Å². The van der Waals surface area contributed by atoms with Gasteiger partial charge in [0.15, 0.2) is 0 Å². The van der Waals surface area contributed by atoms with Gasteiger partial charge in [-0.05, 0) is 49.2 Å². The summed E-state index contributed by atoms with van der Waals surface area (Å²) in [6.07, 6.45) is 0.379. The van der Waals surface area contributed by atoms with Crippen LogP contribution in [0.1, 0.15) is 34.0 Å². The Morgan fingerprint density at radius 1 is 0.903 bits per heavy atom. The summed E-state index contributed by atoms with van der Waals surface area (Å²) >= 11 is 0. The summed E-state index contributed by atoms with van der Waals surface area (Å²) in [5.74, 6) is -0.378. The van der Waals surface area contributed by atoms with Crippen molar-refractivity contribution in [2.75, 3.05) is 6.61 Å². The minimum absolute atomic E-state index is 0.146. The summed E-state index contributed by atoms with van der Waals surface area (Å²) in [6, 6.07) is 22.9. The molecule has 0 heterocycles. The average Bonchev–Trinajstić information content (AvgIpc) is 2.78. The van der Waals surface area contributed by atoms with Gasteiger partial charge in [0.1, 0.15) is 0 Å². The summed E-state index contributed by atoms with van der Waals surface area (Å²) in [5, 5.41) is 4.23. The van der Waals surface area contributed by atoms with Crippen molar-refractivity contribution in [1.29, 1.82) is 0 Å². The monoisotopic (exact) mass is 436 g/mol. The summed E-state index contributed by atoms with van der Waals surface area (Å²) < 4.78 is 30.3. The topological polar surface area (TPSA) is 84.8 Å². The highest BCUT2D eigenvalue weighted by Gasteiger charge is 2.14. The number of sulfonamides is 1. The number of carbonyl (C=O) groups is 1. The maximum absolute atomic E-state index is 12.6.